The third kappa shape index (κ3) is 5.47. The molecule has 1 unspecified atom stereocenters. The summed E-state index contributed by atoms with van der Waals surface area (Å²) in [6.45, 7) is 3.34. The van der Waals surface area contributed by atoms with Gasteiger partial charge >= 0.3 is 5.97 Å². The van der Waals surface area contributed by atoms with Crippen LogP contribution in [0, 0.1) is 6.92 Å². The van der Waals surface area contributed by atoms with Gasteiger partial charge in [0.15, 0.2) is 5.84 Å². The van der Waals surface area contributed by atoms with Crippen LogP contribution in [0.25, 0.3) is 11.1 Å². The van der Waals surface area contributed by atoms with Gasteiger partial charge in [0.2, 0.25) is 0 Å². The van der Waals surface area contributed by atoms with Crippen molar-refractivity contribution in [1.82, 2.24) is 15.0 Å². The Morgan fingerprint density at radius 3 is 2.49 bits per heavy atom. The number of amidine groups is 1. The van der Waals surface area contributed by atoms with Gasteiger partial charge in [-0.15, -0.1) is 0 Å². The maximum absolute atomic E-state index is 13.2. The zero-order valence-electron chi connectivity index (χ0n) is 19.7. The van der Waals surface area contributed by atoms with Crippen LogP contribution in [0.3, 0.4) is 0 Å². The maximum Gasteiger partial charge on any atom is 0.323 e. The molecule has 4 rings (SSSR count). The lowest BCUT2D eigenvalue weighted by Crippen LogP contribution is -2.31. The van der Waals surface area contributed by atoms with Crippen molar-refractivity contribution in [3.63, 3.8) is 0 Å². The summed E-state index contributed by atoms with van der Waals surface area (Å²) in [7, 11) is 0. The van der Waals surface area contributed by atoms with E-state index in [-0.39, 0.29) is 5.56 Å². The van der Waals surface area contributed by atoms with Gasteiger partial charge in [-0.3, -0.25) is 14.2 Å². The Labute approximate surface area is 202 Å². The topological polar surface area (TPSA) is 126 Å². The number of aromatic nitrogens is 2. The average Bonchev–Trinajstić information content (AvgIpc) is 3.29. The van der Waals surface area contributed by atoms with Crippen molar-refractivity contribution in [2.45, 2.75) is 52.5 Å². The van der Waals surface area contributed by atoms with E-state index in [1.807, 2.05) is 48.5 Å². The highest BCUT2D eigenvalue weighted by Gasteiger charge is 2.20. The predicted octanol–water partition coefficient (Wildman–Crippen LogP) is 2.79. The van der Waals surface area contributed by atoms with E-state index in [4.69, 9.17) is 4.84 Å². The molecule has 3 aromatic rings. The number of aliphatic hydroxyl groups is 1. The first kappa shape index (κ1) is 24.3. The van der Waals surface area contributed by atoms with Gasteiger partial charge in [-0.25, -0.2) is 20.3 Å². The highest BCUT2D eigenvalue weighted by atomic mass is 16.7. The number of hydroxylamine groups is 1. The molecule has 1 atom stereocenters. The number of carboxylic acids is 1. The Morgan fingerprint density at radius 1 is 1.14 bits per heavy atom. The summed E-state index contributed by atoms with van der Waals surface area (Å²) in [5, 5.41) is 18.8. The average molecular weight is 477 g/mol. The van der Waals surface area contributed by atoms with E-state index in [2.05, 4.69) is 22.4 Å². The van der Waals surface area contributed by atoms with Gasteiger partial charge in [0.05, 0.1) is 5.69 Å². The molecule has 0 spiro atoms. The molecule has 2 heterocycles. The Morgan fingerprint density at radius 2 is 1.86 bits per heavy atom. The SMILES string of the molecule is CCCCc1nc(C)n(CC(=O)O)c(=O)c1Cc1ccc(-c2ccccc2C2=NC(O)ON2)cc1. The van der Waals surface area contributed by atoms with Gasteiger partial charge in [-0.1, -0.05) is 61.9 Å². The van der Waals surface area contributed by atoms with Crippen molar-refractivity contribution in [3.8, 4) is 11.1 Å². The Balaban J connectivity index is 1.66. The monoisotopic (exact) mass is 476 g/mol. The van der Waals surface area contributed by atoms with Gasteiger partial charge in [0.1, 0.15) is 12.4 Å². The highest BCUT2D eigenvalue weighted by Crippen LogP contribution is 2.26. The first-order valence-electron chi connectivity index (χ1n) is 11.5. The standard InChI is InChI=1S/C26H28N4O5/c1-3-4-9-22-21(25(33)30(15-23(31)32)16(2)27-22)14-17-10-12-18(13-11-17)19-7-5-6-8-20(19)24-28-26(34)35-29-24/h5-8,10-13,26,34H,3-4,9,14-15H2,1-2H3,(H,28,29)(H,31,32). The van der Waals surface area contributed by atoms with E-state index >= 15 is 0 Å². The van der Waals surface area contributed by atoms with Crippen LogP contribution < -0.4 is 11.0 Å². The summed E-state index contributed by atoms with van der Waals surface area (Å²) >= 11 is 0. The largest absolute Gasteiger partial charge is 0.480 e. The smallest absolute Gasteiger partial charge is 0.323 e. The number of aliphatic hydroxyl groups excluding tert-OH is 1. The van der Waals surface area contributed by atoms with E-state index in [9.17, 15) is 19.8 Å². The number of carbonyl (C=O) groups is 1. The zero-order chi connectivity index (χ0) is 24.9. The molecular weight excluding hydrogens is 448 g/mol. The van der Waals surface area contributed by atoms with E-state index < -0.39 is 18.9 Å². The number of nitrogens with one attached hydrogen (secondary N) is 1. The lowest BCUT2D eigenvalue weighted by atomic mass is 9.96. The van der Waals surface area contributed by atoms with Gasteiger partial charge in [-0.05, 0) is 36.5 Å². The molecule has 9 nitrogen and oxygen atoms in total. The minimum Gasteiger partial charge on any atom is -0.480 e. The summed E-state index contributed by atoms with van der Waals surface area (Å²) in [5.41, 5.74) is 7.17. The number of carboxylic acid groups (broad SMARTS) is 1. The Bertz CT molecular complexity index is 1310. The number of hydrogen-bond donors (Lipinski definition) is 3. The number of hydrogen-bond acceptors (Lipinski definition) is 7. The number of aliphatic imine (C=N–C) groups is 1. The zero-order valence-corrected chi connectivity index (χ0v) is 19.7. The van der Waals surface area contributed by atoms with E-state index in [0.717, 1.165) is 40.8 Å². The first-order valence-corrected chi connectivity index (χ1v) is 11.5. The summed E-state index contributed by atoms with van der Waals surface area (Å²) in [6.07, 6.45) is 1.66. The quantitative estimate of drug-likeness (QED) is 0.434. The molecule has 0 saturated carbocycles. The molecule has 0 saturated heterocycles. The molecule has 182 valence electrons. The molecule has 1 aliphatic heterocycles. The fraction of sp³-hybridized carbons (Fsp3) is 0.308. The number of unbranched alkanes of at least 4 members (excludes halogenated alkanes) is 1. The Hall–Kier alpha value is -3.82. The van der Waals surface area contributed by atoms with Crippen LogP contribution in [0.15, 0.2) is 58.3 Å². The fourth-order valence-electron chi connectivity index (χ4n) is 4.15. The minimum absolute atomic E-state index is 0.302. The van der Waals surface area contributed by atoms with Crippen LogP contribution in [0.1, 0.15) is 48.0 Å². The van der Waals surface area contributed by atoms with Crippen molar-refractivity contribution in [2.24, 2.45) is 4.99 Å². The summed E-state index contributed by atoms with van der Waals surface area (Å²) in [5.74, 6) is -0.217. The number of rotatable bonds is 9. The third-order valence-electron chi connectivity index (χ3n) is 5.93. The molecule has 0 radical (unpaired) electrons. The number of benzene rings is 2. The lowest BCUT2D eigenvalue weighted by Gasteiger charge is -2.15. The lowest BCUT2D eigenvalue weighted by molar-refractivity contribution is -0.137. The number of aliphatic carboxylic acids is 1. The predicted molar refractivity (Wildman–Crippen MR) is 131 cm³/mol. The van der Waals surface area contributed by atoms with E-state index in [0.29, 0.717) is 30.1 Å². The molecule has 0 fully saturated rings. The van der Waals surface area contributed by atoms with Crippen LogP contribution >= 0.6 is 0 Å². The second kappa shape index (κ2) is 10.6. The summed E-state index contributed by atoms with van der Waals surface area (Å²) in [4.78, 5) is 38.1. The highest BCUT2D eigenvalue weighted by molar-refractivity contribution is 6.04. The molecule has 0 amide bonds. The van der Waals surface area contributed by atoms with Crippen LogP contribution in [0.4, 0.5) is 0 Å². The molecule has 0 aliphatic carbocycles. The van der Waals surface area contributed by atoms with Crippen LogP contribution in [-0.2, 0) is 29.0 Å². The molecule has 3 N–H and O–H groups in total. The Kier molecular flexibility index (Phi) is 7.38. The van der Waals surface area contributed by atoms with Gasteiger partial charge in [0, 0.05) is 17.5 Å². The van der Waals surface area contributed by atoms with Crippen molar-refractivity contribution in [2.75, 3.05) is 0 Å². The fourth-order valence-corrected chi connectivity index (χ4v) is 4.15. The van der Waals surface area contributed by atoms with Crippen LogP contribution in [0.2, 0.25) is 0 Å². The van der Waals surface area contributed by atoms with Crippen molar-refractivity contribution < 1.29 is 19.8 Å². The molecule has 0 bridgehead atoms. The van der Waals surface area contributed by atoms with E-state index in [1.165, 1.54) is 4.57 Å². The maximum atomic E-state index is 13.2. The molecular formula is C26H28N4O5. The van der Waals surface area contributed by atoms with Crippen molar-refractivity contribution in [3.05, 3.63) is 87.1 Å². The van der Waals surface area contributed by atoms with Gasteiger partial charge < -0.3 is 10.2 Å². The summed E-state index contributed by atoms with van der Waals surface area (Å²) < 4.78 is 1.23. The first-order chi connectivity index (χ1) is 16.9. The minimum atomic E-state index is -1.24. The number of nitrogens with zero attached hydrogens (tertiary/aromatic N) is 3. The number of aryl methyl sites for hydroxylation is 2. The van der Waals surface area contributed by atoms with E-state index in [1.54, 1.807) is 6.92 Å². The second-order valence-electron chi connectivity index (χ2n) is 8.42. The molecule has 35 heavy (non-hydrogen) atoms. The van der Waals surface area contributed by atoms with Crippen molar-refractivity contribution in [1.29, 1.82) is 0 Å². The van der Waals surface area contributed by atoms with Gasteiger partial charge in [-0.2, -0.15) is 0 Å². The second-order valence-corrected chi connectivity index (χ2v) is 8.42. The summed E-state index contributed by atoms with van der Waals surface area (Å²) in [6, 6.07) is 15.5. The molecule has 2 aromatic carbocycles. The van der Waals surface area contributed by atoms with Crippen LogP contribution in [0.5, 0.6) is 0 Å². The van der Waals surface area contributed by atoms with Crippen molar-refractivity contribution >= 4 is 11.8 Å². The molecule has 1 aliphatic rings. The third-order valence-corrected chi connectivity index (χ3v) is 5.93. The molecule has 1 aromatic heterocycles. The van der Waals surface area contributed by atoms with Crippen LogP contribution in [-0.4, -0.2) is 38.0 Å². The van der Waals surface area contributed by atoms with Gasteiger partial charge in [0.25, 0.3) is 12.0 Å². The molecule has 9 heteroatoms. The normalized spacial score (nSPS) is 15.1.